The molecule has 2 aromatic rings. The van der Waals surface area contributed by atoms with Gasteiger partial charge in [-0.2, -0.15) is 0 Å². The zero-order valence-corrected chi connectivity index (χ0v) is 15.2. The molecule has 1 aliphatic heterocycles. The van der Waals surface area contributed by atoms with Crippen molar-refractivity contribution in [1.29, 1.82) is 0 Å². The number of benzene rings is 2. The third-order valence-electron chi connectivity index (χ3n) is 4.11. The molecule has 0 bridgehead atoms. The second kappa shape index (κ2) is 6.57. The Balaban J connectivity index is 1.95. The number of sulfonamides is 1. The molecule has 0 radical (unpaired) electrons. The minimum atomic E-state index is -3.63. The van der Waals surface area contributed by atoms with E-state index < -0.39 is 10.0 Å². The summed E-state index contributed by atoms with van der Waals surface area (Å²) in [5, 5.41) is 0.575. The van der Waals surface area contributed by atoms with Crippen LogP contribution in [-0.4, -0.2) is 31.6 Å². The lowest BCUT2D eigenvalue weighted by atomic mass is 10.1. The molecule has 1 aliphatic rings. The average molecular weight is 363 g/mol. The van der Waals surface area contributed by atoms with Crippen LogP contribution < -0.4 is 0 Å². The van der Waals surface area contributed by atoms with Gasteiger partial charge in [0.1, 0.15) is 5.84 Å². The number of rotatable bonds is 4. The molecule has 1 heterocycles. The van der Waals surface area contributed by atoms with E-state index in [2.05, 4.69) is 4.99 Å². The fraction of sp³-hybridized carbons (Fsp3) is 0.278. The van der Waals surface area contributed by atoms with E-state index in [0.717, 1.165) is 11.1 Å². The first kappa shape index (κ1) is 17.0. The maximum atomic E-state index is 13.1. The molecule has 0 saturated carbocycles. The smallest absolute Gasteiger partial charge is 0.265 e. The third kappa shape index (κ3) is 3.19. The van der Waals surface area contributed by atoms with Crippen LogP contribution in [0.3, 0.4) is 0 Å². The number of aryl methyl sites for hydroxylation is 2. The highest BCUT2D eigenvalue weighted by Gasteiger charge is 2.31. The Bertz CT molecular complexity index is 893. The van der Waals surface area contributed by atoms with Crippen LogP contribution in [0.4, 0.5) is 0 Å². The molecule has 0 aromatic heterocycles. The molecule has 6 heteroatoms. The summed E-state index contributed by atoms with van der Waals surface area (Å²) in [4.78, 5) is 4.71. The molecule has 0 atom stereocenters. The summed E-state index contributed by atoms with van der Waals surface area (Å²) in [6, 6.07) is 13.1. The van der Waals surface area contributed by atoms with Crippen molar-refractivity contribution in [3.63, 3.8) is 0 Å². The molecule has 0 spiro atoms. The van der Waals surface area contributed by atoms with Crippen LogP contribution >= 0.6 is 11.6 Å². The van der Waals surface area contributed by atoms with Gasteiger partial charge in [0.15, 0.2) is 0 Å². The van der Waals surface area contributed by atoms with Crippen LogP contribution in [0.5, 0.6) is 0 Å². The van der Waals surface area contributed by atoms with Gasteiger partial charge in [-0.05, 0) is 42.7 Å². The monoisotopic (exact) mass is 362 g/mol. The fourth-order valence-electron chi connectivity index (χ4n) is 2.81. The number of amidine groups is 1. The van der Waals surface area contributed by atoms with Crippen molar-refractivity contribution >= 4 is 27.5 Å². The summed E-state index contributed by atoms with van der Waals surface area (Å²) in [6.07, 6.45) is 0.506. The van der Waals surface area contributed by atoms with Crippen molar-refractivity contribution < 1.29 is 8.42 Å². The largest absolute Gasteiger partial charge is 0.269 e. The Morgan fingerprint density at radius 3 is 2.54 bits per heavy atom. The van der Waals surface area contributed by atoms with Crippen molar-refractivity contribution in [1.82, 2.24) is 4.31 Å². The highest BCUT2D eigenvalue weighted by Crippen LogP contribution is 2.28. The van der Waals surface area contributed by atoms with Gasteiger partial charge in [-0.15, -0.1) is 0 Å². The van der Waals surface area contributed by atoms with Crippen LogP contribution in [0, 0.1) is 13.8 Å². The van der Waals surface area contributed by atoms with Gasteiger partial charge in [-0.3, -0.25) is 9.30 Å². The van der Waals surface area contributed by atoms with Crippen LogP contribution in [0.2, 0.25) is 5.02 Å². The molecular weight excluding hydrogens is 344 g/mol. The maximum Gasteiger partial charge on any atom is 0.265 e. The third-order valence-corrected chi connectivity index (χ3v) is 6.49. The zero-order valence-electron chi connectivity index (χ0n) is 13.7. The van der Waals surface area contributed by atoms with Gasteiger partial charge in [-0.1, -0.05) is 41.9 Å². The number of halogens is 1. The zero-order chi connectivity index (χ0) is 17.3. The molecule has 3 rings (SSSR count). The first-order chi connectivity index (χ1) is 11.4. The second-order valence-electron chi connectivity index (χ2n) is 5.90. The molecule has 0 amide bonds. The van der Waals surface area contributed by atoms with E-state index in [1.54, 1.807) is 19.1 Å². The number of nitrogens with zero attached hydrogens (tertiary/aromatic N) is 2. The van der Waals surface area contributed by atoms with Crippen LogP contribution in [-0.2, 0) is 16.4 Å². The molecule has 0 saturated heterocycles. The van der Waals surface area contributed by atoms with Crippen molar-refractivity contribution in [3.8, 4) is 0 Å². The highest BCUT2D eigenvalue weighted by molar-refractivity contribution is 7.89. The van der Waals surface area contributed by atoms with E-state index in [0.29, 0.717) is 40.8 Å². The molecular formula is C18H19ClN2O2S. The van der Waals surface area contributed by atoms with E-state index in [4.69, 9.17) is 11.6 Å². The van der Waals surface area contributed by atoms with Gasteiger partial charge in [0.25, 0.3) is 10.0 Å². The predicted molar refractivity (Wildman–Crippen MR) is 97.3 cm³/mol. The van der Waals surface area contributed by atoms with Gasteiger partial charge in [0.2, 0.25) is 0 Å². The van der Waals surface area contributed by atoms with Crippen LogP contribution in [0.15, 0.2) is 52.4 Å². The van der Waals surface area contributed by atoms with Crippen LogP contribution in [0.25, 0.3) is 0 Å². The number of hydrogen-bond donors (Lipinski definition) is 0. The highest BCUT2D eigenvalue weighted by atomic mass is 35.5. The normalized spacial score (nSPS) is 14.8. The van der Waals surface area contributed by atoms with Gasteiger partial charge in [0.05, 0.1) is 18.0 Å². The number of hydrogen-bond acceptors (Lipinski definition) is 3. The molecule has 126 valence electrons. The second-order valence-corrected chi connectivity index (χ2v) is 8.14. The minimum Gasteiger partial charge on any atom is -0.269 e. The van der Waals surface area contributed by atoms with Gasteiger partial charge < -0.3 is 0 Å². The van der Waals surface area contributed by atoms with Crippen molar-refractivity contribution in [2.45, 2.75) is 25.2 Å². The number of aliphatic imine (C=N–C) groups is 1. The van der Waals surface area contributed by atoms with E-state index in [9.17, 15) is 8.42 Å². The summed E-state index contributed by atoms with van der Waals surface area (Å²) in [5.41, 5.74) is 2.44. The fourth-order valence-corrected chi connectivity index (χ4v) is 4.78. The topological polar surface area (TPSA) is 49.7 Å². The molecule has 0 unspecified atom stereocenters. The standard InChI is InChI=1S/C18H19ClN2O2S/c1-13-11-17(14(2)10-16(13)19)24(22,23)21-9-8-20-18(21)12-15-6-4-3-5-7-15/h3-7,10-11H,8-9,12H2,1-2H3. The molecule has 4 nitrogen and oxygen atoms in total. The summed E-state index contributed by atoms with van der Waals surface area (Å²) >= 11 is 6.10. The molecule has 0 N–H and O–H groups in total. The summed E-state index contributed by atoms with van der Waals surface area (Å²) in [6.45, 7) is 4.45. The van der Waals surface area contributed by atoms with Gasteiger partial charge in [-0.25, -0.2) is 8.42 Å². The Hall–Kier alpha value is -1.85. The Kier molecular flexibility index (Phi) is 4.65. The molecule has 2 aromatic carbocycles. The summed E-state index contributed by atoms with van der Waals surface area (Å²) in [7, 11) is -3.63. The molecule has 24 heavy (non-hydrogen) atoms. The Morgan fingerprint density at radius 2 is 1.83 bits per heavy atom. The first-order valence-electron chi connectivity index (χ1n) is 7.76. The summed E-state index contributed by atoms with van der Waals surface area (Å²) < 4.78 is 27.7. The molecule has 0 fully saturated rings. The Labute approximate surface area is 147 Å². The van der Waals surface area contributed by atoms with Gasteiger partial charge in [0, 0.05) is 11.4 Å². The molecule has 0 aliphatic carbocycles. The van der Waals surface area contributed by atoms with Crippen molar-refractivity contribution in [2.75, 3.05) is 13.1 Å². The Morgan fingerprint density at radius 1 is 1.12 bits per heavy atom. The SMILES string of the molecule is Cc1cc(S(=O)(=O)N2CCN=C2Cc2ccccc2)c(C)cc1Cl. The van der Waals surface area contributed by atoms with Gasteiger partial charge >= 0.3 is 0 Å². The minimum absolute atomic E-state index is 0.298. The lowest BCUT2D eigenvalue weighted by Gasteiger charge is -2.22. The summed E-state index contributed by atoms with van der Waals surface area (Å²) in [5.74, 6) is 0.591. The average Bonchev–Trinajstić information content (AvgIpc) is 3.00. The lowest BCUT2D eigenvalue weighted by molar-refractivity contribution is 0.535. The van der Waals surface area contributed by atoms with E-state index in [1.165, 1.54) is 4.31 Å². The maximum absolute atomic E-state index is 13.1. The van der Waals surface area contributed by atoms with E-state index >= 15 is 0 Å². The van der Waals surface area contributed by atoms with Crippen LogP contribution in [0.1, 0.15) is 16.7 Å². The predicted octanol–water partition coefficient (Wildman–Crippen LogP) is 3.60. The van der Waals surface area contributed by atoms with E-state index in [-0.39, 0.29) is 0 Å². The quantitative estimate of drug-likeness (QED) is 0.834. The lowest BCUT2D eigenvalue weighted by Crippen LogP contribution is -2.35. The van der Waals surface area contributed by atoms with Crippen molar-refractivity contribution in [3.05, 3.63) is 64.2 Å². The first-order valence-corrected chi connectivity index (χ1v) is 9.58. The van der Waals surface area contributed by atoms with Crippen molar-refractivity contribution in [2.24, 2.45) is 4.99 Å². The van der Waals surface area contributed by atoms with E-state index in [1.807, 2.05) is 37.3 Å².